The van der Waals surface area contributed by atoms with Crippen molar-refractivity contribution in [2.75, 3.05) is 0 Å². The molecule has 0 bridgehead atoms. The van der Waals surface area contributed by atoms with Gasteiger partial charge >= 0.3 is 0 Å². The molecule has 0 aromatic heterocycles. The average molecular weight is 302 g/mol. The van der Waals surface area contributed by atoms with Crippen molar-refractivity contribution in [3.63, 3.8) is 0 Å². The van der Waals surface area contributed by atoms with E-state index in [4.69, 9.17) is 10.00 Å². The van der Waals surface area contributed by atoms with E-state index in [9.17, 15) is 0 Å². The Balaban J connectivity index is 2.17. The minimum atomic E-state index is 0.404. The number of nitrogens with zero attached hydrogens (tertiary/aromatic N) is 1. The van der Waals surface area contributed by atoms with E-state index in [1.165, 1.54) is 0 Å². The summed E-state index contributed by atoms with van der Waals surface area (Å²) in [6.45, 7) is 2.40. The van der Waals surface area contributed by atoms with E-state index in [0.29, 0.717) is 12.2 Å². The Hall–Kier alpha value is -1.79. The minimum Gasteiger partial charge on any atom is -0.489 e. The first-order valence-corrected chi connectivity index (χ1v) is 6.37. The number of halogens is 1. The molecule has 0 radical (unpaired) electrons. The van der Waals surface area contributed by atoms with Gasteiger partial charge in [-0.2, -0.15) is 5.26 Å². The highest BCUT2D eigenvalue weighted by atomic mass is 79.9. The van der Waals surface area contributed by atoms with Crippen LogP contribution in [0.5, 0.6) is 5.75 Å². The summed E-state index contributed by atoms with van der Waals surface area (Å²) in [5.41, 5.74) is 2.64. The van der Waals surface area contributed by atoms with Crippen LogP contribution in [0.1, 0.15) is 16.7 Å². The maximum absolute atomic E-state index is 9.00. The molecule has 0 heterocycles. The standard InChI is InChI=1S/C15H12BrNO/c1-11-6-7-14(16)8-15(11)18-10-13-5-3-2-4-12(13)9-17/h2-8H,10H2,1H3. The Kier molecular flexibility index (Phi) is 4.01. The van der Waals surface area contributed by atoms with Gasteiger partial charge in [0.2, 0.25) is 0 Å². The molecular weight excluding hydrogens is 290 g/mol. The highest BCUT2D eigenvalue weighted by Crippen LogP contribution is 2.24. The molecule has 0 atom stereocenters. The number of hydrogen-bond donors (Lipinski definition) is 0. The van der Waals surface area contributed by atoms with Crippen LogP contribution in [0.25, 0.3) is 0 Å². The molecule has 0 amide bonds. The number of aryl methyl sites for hydroxylation is 1. The zero-order chi connectivity index (χ0) is 13.0. The molecule has 0 aliphatic rings. The summed E-state index contributed by atoms with van der Waals surface area (Å²) in [5, 5.41) is 9.00. The van der Waals surface area contributed by atoms with Crippen molar-refractivity contribution in [3.05, 3.63) is 63.6 Å². The van der Waals surface area contributed by atoms with E-state index < -0.39 is 0 Å². The fourth-order valence-electron chi connectivity index (χ4n) is 1.64. The van der Waals surface area contributed by atoms with E-state index in [0.717, 1.165) is 21.3 Å². The van der Waals surface area contributed by atoms with Crippen LogP contribution >= 0.6 is 15.9 Å². The molecule has 0 aliphatic carbocycles. The van der Waals surface area contributed by atoms with Crippen LogP contribution in [0.2, 0.25) is 0 Å². The Morgan fingerprint density at radius 1 is 1.22 bits per heavy atom. The monoisotopic (exact) mass is 301 g/mol. The van der Waals surface area contributed by atoms with Crippen molar-refractivity contribution in [3.8, 4) is 11.8 Å². The van der Waals surface area contributed by atoms with Gasteiger partial charge in [-0.3, -0.25) is 0 Å². The summed E-state index contributed by atoms with van der Waals surface area (Å²) >= 11 is 3.42. The van der Waals surface area contributed by atoms with Crippen LogP contribution < -0.4 is 4.74 Å². The maximum Gasteiger partial charge on any atom is 0.123 e. The predicted molar refractivity (Wildman–Crippen MR) is 74.4 cm³/mol. The van der Waals surface area contributed by atoms with Crippen LogP contribution in [0.3, 0.4) is 0 Å². The minimum absolute atomic E-state index is 0.404. The van der Waals surface area contributed by atoms with Gasteiger partial charge in [0.1, 0.15) is 12.4 Å². The summed E-state index contributed by atoms with van der Waals surface area (Å²) in [5.74, 6) is 0.831. The molecule has 2 nitrogen and oxygen atoms in total. The molecule has 0 spiro atoms. The lowest BCUT2D eigenvalue weighted by molar-refractivity contribution is 0.303. The highest BCUT2D eigenvalue weighted by Gasteiger charge is 2.04. The smallest absolute Gasteiger partial charge is 0.123 e. The van der Waals surface area contributed by atoms with Crippen LogP contribution in [0, 0.1) is 18.3 Å². The Morgan fingerprint density at radius 3 is 2.78 bits per heavy atom. The first-order chi connectivity index (χ1) is 8.70. The number of benzene rings is 2. The van der Waals surface area contributed by atoms with E-state index in [2.05, 4.69) is 22.0 Å². The van der Waals surface area contributed by atoms with Gasteiger partial charge in [0.25, 0.3) is 0 Å². The number of hydrogen-bond acceptors (Lipinski definition) is 2. The van der Waals surface area contributed by atoms with Crippen molar-refractivity contribution in [2.24, 2.45) is 0 Å². The average Bonchev–Trinajstić information content (AvgIpc) is 2.40. The summed E-state index contributed by atoms with van der Waals surface area (Å²) in [6.07, 6.45) is 0. The third-order valence-corrected chi connectivity index (χ3v) is 3.16. The molecule has 0 saturated carbocycles. The topological polar surface area (TPSA) is 33.0 Å². The van der Waals surface area contributed by atoms with Gasteiger partial charge in [0, 0.05) is 10.0 Å². The molecule has 18 heavy (non-hydrogen) atoms. The Labute approximate surface area is 115 Å². The van der Waals surface area contributed by atoms with E-state index in [1.807, 2.05) is 43.3 Å². The summed E-state index contributed by atoms with van der Waals surface area (Å²) in [6, 6.07) is 15.5. The summed E-state index contributed by atoms with van der Waals surface area (Å²) < 4.78 is 6.75. The molecule has 3 heteroatoms. The Morgan fingerprint density at radius 2 is 2.00 bits per heavy atom. The summed E-state index contributed by atoms with van der Waals surface area (Å²) in [7, 11) is 0. The second-order valence-corrected chi connectivity index (χ2v) is 4.88. The first-order valence-electron chi connectivity index (χ1n) is 5.57. The molecule has 2 rings (SSSR count). The molecule has 2 aromatic carbocycles. The lowest BCUT2D eigenvalue weighted by atomic mass is 10.1. The Bertz CT molecular complexity index is 602. The maximum atomic E-state index is 9.00. The number of ether oxygens (including phenoxy) is 1. The summed E-state index contributed by atoms with van der Waals surface area (Å²) in [4.78, 5) is 0. The molecule has 0 N–H and O–H groups in total. The van der Waals surface area contributed by atoms with Crippen molar-refractivity contribution >= 4 is 15.9 Å². The second-order valence-electron chi connectivity index (χ2n) is 3.97. The molecule has 0 unspecified atom stereocenters. The van der Waals surface area contributed by atoms with Gasteiger partial charge in [-0.25, -0.2) is 0 Å². The molecule has 0 saturated heterocycles. The van der Waals surface area contributed by atoms with Crippen LogP contribution in [0.15, 0.2) is 46.9 Å². The van der Waals surface area contributed by atoms with Gasteiger partial charge in [-0.1, -0.05) is 40.2 Å². The SMILES string of the molecule is Cc1ccc(Br)cc1OCc1ccccc1C#N. The predicted octanol–water partition coefficient (Wildman–Crippen LogP) is 4.21. The molecule has 2 aromatic rings. The van der Waals surface area contributed by atoms with Crippen molar-refractivity contribution in [1.82, 2.24) is 0 Å². The van der Waals surface area contributed by atoms with E-state index >= 15 is 0 Å². The fourth-order valence-corrected chi connectivity index (χ4v) is 1.98. The third-order valence-electron chi connectivity index (χ3n) is 2.67. The largest absolute Gasteiger partial charge is 0.489 e. The molecule has 0 fully saturated rings. The van der Waals surface area contributed by atoms with Gasteiger partial charge in [-0.15, -0.1) is 0 Å². The number of nitriles is 1. The van der Waals surface area contributed by atoms with Gasteiger partial charge < -0.3 is 4.74 Å². The third kappa shape index (κ3) is 2.91. The van der Waals surface area contributed by atoms with Crippen LogP contribution in [0.4, 0.5) is 0 Å². The van der Waals surface area contributed by atoms with Gasteiger partial charge in [0.15, 0.2) is 0 Å². The van der Waals surface area contributed by atoms with Gasteiger partial charge in [-0.05, 0) is 30.7 Å². The lowest BCUT2D eigenvalue weighted by Crippen LogP contribution is -1.99. The molecule has 0 aliphatic heterocycles. The van der Waals surface area contributed by atoms with Crippen LogP contribution in [-0.4, -0.2) is 0 Å². The van der Waals surface area contributed by atoms with E-state index in [1.54, 1.807) is 6.07 Å². The first kappa shape index (κ1) is 12.7. The van der Waals surface area contributed by atoms with Gasteiger partial charge in [0.05, 0.1) is 11.6 Å². The number of rotatable bonds is 3. The fraction of sp³-hybridized carbons (Fsp3) is 0.133. The molecular formula is C15H12BrNO. The lowest BCUT2D eigenvalue weighted by Gasteiger charge is -2.10. The van der Waals surface area contributed by atoms with Crippen molar-refractivity contribution < 1.29 is 4.74 Å². The van der Waals surface area contributed by atoms with Crippen molar-refractivity contribution in [2.45, 2.75) is 13.5 Å². The van der Waals surface area contributed by atoms with Crippen LogP contribution in [-0.2, 0) is 6.61 Å². The quantitative estimate of drug-likeness (QED) is 0.851. The van der Waals surface area contributed by atoms with Crippen molar-refractivity contribution in [1.29, 1.82) is 5.26 Å². The highest BCUT2D eigenvalue weighted by molar-refractivity contribution is 9.10. The normalized spacial score (nSPS) is 9.83. The zero-order valence-corrected chi connectivity index (χ0v) is 11.6. The zero-order valence-electron chi connectivity index (χ0n) is 9.98. The molecule has 90 valence electrons. The van der Waals surface area contributed by atoms with E-state index in [-0.39, 0.29) is 0 Å². The second kappa shape index (κ2) is 5.70.